The molecule has 0 amide bonds. The van der Waals surface area contributed by atoms with Crippen molar-refractivity contribution in [3.63, 3.8) is 0 Å². The van der Waals surface area contributed by atoms with Gasteiger partial charge in [-0.1, -0.05) is 12.1 Å². The topological polar surface area (TPSA) is 42.0 Å². The maximum absolute atomic E-state index is 11.6. The summed E-state index contributed by atoms with van der Waals surface area (Å²) in [6, 6.07) is 6.37. The molecule has 0 radical (unpaired) electrons. The first-order valence-electron chi connectivity index (χ1n) is 7.96. The van der Waals surface area contributed by atoms with E-state index in [9.17, 15) is 4.79 Å². The number of carbonyl (C=O) groups is 1. The first-order chi connectivity index (χ1) is 10.7. The fourth-order valence-corrected chi connectivity index (χ4v) is 3.22. The van der Waals surface area contributed by atoms with E-state index in [4.69, 9.17) is 9.47 Å². The molecule has 2 heterocycles. The highest BCUT2D eigenvalue weighted by atomic mass is 16.5. The summed E-state index contributed by atoms with van der Waals surface area (Å²) in [5.74, 6) is 0.896. The lowest BCUT2D eigenvalue weighted by Crippen LogP contribution is -2.51. The number of fused-ring (bicyclic) bond motifs is 1. The molecule has 0 spiro atoms. The Bertz CT molecular complexity index is 539. The van der Waals surface area contributed by atoms with Crippen LogP contribution in [0.25, 0.3) is 0 Å². The van der Waals surface area contributed by atoms with Crippen LogP contribution in [-0.2, 0) is 22.5 Å². The molecule has 1 aromatic carbocycles. The molecule has 22 heavy (non-hydrogen) atoms. The van der Waals surface area contributed by atoms with Gasteiger partial charge in [0.2, 0.25) is 0 Å². The molecule has 2 aliphatic heterocycles. The van der Waals surface area contributed by atoms with Crippen molar-refractivity contribution < 1.29 is 14.3 Å². The van der Waals surface area contributed by atoms with Gasteiger partial charge in [0, 0.05) is 39.1 Å². The van der Waals surface area contributed by atoms with Gasteiger partial charge in [0.25, 0.3) is 0 Å². The normalized spacial score (nSPS) is 20.3. The minimum Gasteiger partial charge on any atom is -0.493 e. The Morgan fingerprint density at radius 1 is 1.32 bits per heavy atom. The summed E-state index contributed by atoms with van der Waals surface area (Å²) in [6.07, 6.45) is 1.02. The SMILES string of the molecule is COC(=O)[C@@H](C)N1CCN(Cc2ccc3c(c2)CCO3)CC1. The number of piperazine rings is 1. The van der Waals surface area contributed by atoms with Crippen molar-refractivity contribution in [3.8, 4) is 5.75 Å². The second kappa shape index (κ2) is 6.67. The minimum absolute atomic E-state index is 0.146. The average Bonchev–Trinajstić information content (AvgIpc) is 3.02. The molecule has 1 aromatic rings. The van der Waals surface area contributed by atoms with Crippen LogP contribution in [0.5, 0.6) is 5.75 Å². The van der Waals surface area contributed by atoms with Gasteiger partial charge in [0.15, 0.2) is 0 Å². The smallest absolute Gasteiger partial charge is 0.322 e. The molecule has 0 N–H and O–H groups in total. The molecule has 1 saturated heterocycles. The number of esters is 1. The predicted molar refractivity (Wildman–Crippen MR) is 84.0 cm³/mol. The van der Waals surface area contributed by atoms with Gasteiger partial charge >= 0.3 is 5.97 Å². The quantitative estimate of drug-likeness (QED) is 0.784. The molecular weight excluding hydrogens is 280 g/mol. The Hall–Kier alpha value is -1.59. The lowest BCUT2D eigenvalue weighted by atomic mass is 10.1. The van der Waals surface area contributed by atoms with Crippen LogP contribution in [0.4, 0.5) is 0 Å². The van der Waals surface area contributed by atoms with Gasteiger partial charge < -0.3 is 9.47 Å². The molecule has 0 saturated carbocycles. The first-order valence-corrected chi connectivity index (χ1v) is 7.96. The third-order valence-corrected chi connectivity index (χ3v) is 4.66. The standard InChI is InChI=1S/C17H24N2O3/c1-13(17(20)21-2)19-8-6-18(7-9-19)12-14-3-4-16-15(11-14)5-10-22-16/h3-4,11,13H,5-10,12H2,1-2H3/t13-/m1/s1. The second-order valence-corrected chi connectivity index (χ2v) is 6.05. The molecule has 2 aliphatic rings. The fraction of sp³-hybridized carbons (Fsp3) is 0.588. The Balaban J connectivity index is 1.53. The Kier molecular flexibility index (Phi) is 4.64. The first kappa shape index (κ1) is 15.3. The van der Waals surface area contributed by atoms with Crippen molar-refractivity contribution in [2.45, 2.75) is 25.9 Å². The van der Waals surface area contributed by atoms with Gasteiger partial charge in [0.05, 0.1) is 13.7 Å². The van der Waals surface area contributed by atoms with Gasteiger partial charge in [0.1, 0.15) is 11.8 Å². The molecular formula is C17H24N2O3. The van der Waals surface area contributed by atoms with Crippen LogP contribution < -0.4 is 4.74 Å². The lowest BCUT2D eigenvalue weighted by Gasteiger charge is -2.37. The highest BCUT2D eigenvalue weighted by Crippen LogP contribution is 2.26. The average molecular weight is 304 g/mol. The van der Waals surface area contributed by atoms with Gasteiger partial charge in [-0.25, -0.2) is 0 Å². The molecule has 120 valence electrons. The largest absolute Gasteiger partial charge is 0.493 e. The Morgan fingerprint density at radius 3 is 2.82 bits per heavy atom. The summed E-state index contributed by atoms with van der Waals surface area (Å²) in [5.41, 5.74) is 2.68. The third kappa shape index (κ3) is 3.25. The highest BCUT2D eigenvalue weighted by molar-refractivity contribution is 5.75. The molecule has 0 bridgehead atoms. The summed E-state index contributed by atoms with van der Waals surface area (Å²) in [4.78, 5) is 16.2. The summed E-state index contributed by atoms with van der Waals surface area (Å²) in [5, 5.41) is 0. The van der Waals surface area contributed by atoms with Gasteiger partial charge in [-0.2, -0.15) is 0 Å². The number of benzene rings is 1. The predicted octanol–water partition coefficient (Wildman–Crippen LogP) is 1.30. The highest BCUT2D eigenvalue weighted by Gasteiger charge is 2.26. The molecule has 0 aliphatic carbocycles. The van der Waals surface area contributed by atoms with E-state index < -0.39 is 0 Å². The Labute approximate surface area is 131 Å². The van der Waals surface area contributed by atoms with E-state index in [1.807, 2.05) is 6.92 Å². The van der Waals surface area contributed by atoms with Crippen LogP contribution in [0, 0.1) is 0 Å². The zero-order valence-electron chi connectivity index (χ0n) is 13.4. The number of nitrogens with zero attached hydrogens (tertiary/aromatic N) is 2. The summed E-state index contributed by atoms with van der Waals surface area (Å²) in [6.45, 7) is 7.47. The van der Waals surface area contributed by atoms with E-state index >= 15 is 0 Å². The van der Waals surface area contributed by atoms with E-state index in [1.165, 1.54) is 18.2 Å². The maximum atomic E-state index is 11.6. The summed E-state index contributed by atoms with van der Waals surface area (Å²) < 4.78 is 10.4. The van der Waals surface area contributed by atoms with E-state index in [2.05, 4.69) is 28.0 Å². The number of carbonyl (C=O) groups excluding carboxylic acids is 1. The minimum atomic E-state index is -0.149. The van der Waals surface area contributed by atoms with Gasteiger partial charge in [-0.3, -0.25) is 14.6 Å². The molecule has 0 unspecified atom stereocenters. The molecule has 3 rings (SSSR count). The number of hydrogen-bond acceptors (Lipinski definition) is 5. The molecule has 5 nitrogen and oxygen atoms in total. The van der Waals surface area contributed by atoms with E-state index in [0.717, 1.165) is 51.5 Å². The second-order valence-electron chi connectivity index (χ2n) is 6.05. The van der Waals surface area contributed by atoms with Crippen LogP contribution in [0.15, 0.2) is 18.2 Å². The Morgan fingerprint density at radius 2 is 2.09 bits per heavy atom. The van der Waals surface area contributed by atoms with E-state index in [1.54, 1.807) is 0 Å². The van der Waals surface area contributed by atoms with Crippen LogP contribution >= 0.6 is 0 Å². The van der Waals surface area contributed by atoms with Crippen LogP contribution in [0.1, 0.15) is 18.1 Å². The summed E-state index contributed by atoms with van der Waals surface area (Å²) >= 11 is 0. The van der Waals surface area contributed by atoms with Crippen molar-refractivity contribution in [2.24, 2.45) is 0 Å². The zero-order chi connectivity index (χ0) is 15.5. The van der Waals surface area contributed by atoms with Gasteiger partial charge in [-0.15, -0.1) is 0 Å². The molecule has 1 fully saturated rings. The molecule has 0 aromatic heterocycles. The number of methoxy groups -OCH3 is 1. The number of ether oxygens (including phenoxy) is 2. The lowest BCUT2D eigenvalue weighted by molar-refractivity contribution is -0.147. The zero-order valence-corrected chi connectivity index (χ0v) is 13.4. The van der Waals surface area contributed by atoms with Crippen LogP contribution in [-0.4, -0.2) is 61.7 Å². The number of rotatable bonds is 4. The van der Waals surface area contributed by atoms with Crippen molar-refractivity contribution >= 4 is 5.97 Å². The van der Waals surface area contributed by atoms with Gasteiger partial charge in [-0.05, 0) is 24.1 Å². The maximum Gasteiger partial charge on any atom is 0.322 e. The molecule has 1 atom stereocenters. The van der Waals surface area contributed by atoms with E-state index in [0.29, 0.717) is 0 Å². The monoisotopic (exact) mass is 304 g/mol. The van der Waals surface area contributed by atoms with Crippen molar-refractivity contribution in [3.05, 3.63) is 29.3 Å². The van der Waals surface area contributed by atoms with Crippen molar-refractivity contribution in [1.82, 2.24) is 9.80 Å². The fourth-order valence-electron chi connectivity index (χ4n) is 3.22. The van der Waals surface area contributed by atoms with Crippen molar-refractivity contribution in [1.29, 1.82) is 0 Å². The van der Waals surface area contributed by atoms with Crippen molar-refractivity contribution in [2.75, 3.05) is 39.9 Å². The summed E-state index contributed by atoms with van der Waals surface area (Å²) in [7, 11) is 1.45. The third-order valence-electron chi connectivity index (χ3n) is 4.66. The van der Waals surface area contributed by atoms with Crippen LogP contribution in [0.3, 0.4) is 0 Å². The van der Waals surface area contributed by atoms with E-state index in [-0.39, 0.29) is 12.0 Å². The number of hydrogen-bond donors (Lipinski definition) is 0. The molecule has 5 heteroatoms. The van der Waals surface area contributed by atoms with Crippen LogP contribution in [0.2, 0.25) is 0 Å².